The van der Waals surface area contributed by atoms with E-state index < -0.39 is 16.9 Å². The molecular weight excluding hydrogens is 484 g/mol. The second-order valence-electron chi connectivity index (χ2n) is 8.59. The summed E-state index contributed by atoms with van der Waals surface area (Å²) in [7, 11) is 2.98. The van der Waals surface area contributed by atoms with Crippen LogP contribution in [0.25, 0.3) is 0 Å². The van der Waals surface area contributed by atoms with Crippen LogP contribution in [0.1, 0.15) is 23.1 Å². The van der Waals surface area contributed by atoms with Crippen LogP contribution >= 0.6 is 11.6 Å². The maximum atomic E-state index is 12.0. The van der Waals surface area contributed by atoms with Gasteiger partial charge in [0, 0.05) is 23.2 Å². The molecule has 0 spiro atoms. The first-order valence-corrected chi connectivity index (χ1v) is 12.1. The fourth-order valence-corrected chi connectivity index (χ4v) is 4.68. The van der Waals surface area contributed by atoms with Gasteiger partial charge < -0.3 is 29.5 Å². The van der Waals surface area contributed by atoms with Crippen LogP contribution in [-0.4, -0.2) is 38.6 Å². The highest BCUT2D eigenvalue weighted by Gasteiger charge is 2.44. The van der Waals surface area contributed by atoms with E-state index in [1.807, 2.05) is 54.6 Å². The summed E-state index contributed by atoms with van der Waals surface area (Å²) in [5, 5.41) is 24.7. The van der Waals surface area contributed by atoms with Crippen LogP contribution in [-0.2, 0) is 28.3 Å². The monoisotopic (exact) mass is 514 g/mol. The van der Waals surface area contributed by atoms with Crippen LogP contribution in [0, 0.1) is 5.21 Å². The molecule has 1 fully saturated rings. The molecule has 0 aliphatic carbocycles. The number of quaternary nitrogens is 1. The second kappa shape index (κ2) is 12.0. The Kier molecular flexibility index (Phi) is 8.81. The molecule has 8 nitrogen and oxygen atoms in total. The van der Waals surface area contributed by atoms with Crippen molar-refractivity contribution in [3.05, 3.63) is 93.7 Å². The van der Waals surface area contributed by atoms with E-state index in [0.717, 1.165) is 17.7 Å². The quantitative estimate of drug-likeness (QED) is 0.354. The van der Waals surface area contributed by atoms with Gasteiger partial charge in [0.1, 0.15) is 11.7 Å². The van der Waals surface area contributed by atoms with E-state index in [2.05, 4.69) is 5.32 Å². The normalized spacial score (nSPS) is 20.6. The fraction of sp³-hybridized carbons (Fsp3) is 0.333. The molecule has 0 radical (unpaired) electrons. The van der Waals surface area contributed by atoms with Gasteiger partial charge in [-0.3, -0.25) is 0 Å². The van der Waals surface area contributed by atoms with Gasteiger partial charge in [0.2, 0.25) is 0 Å². The Bertz CT molecular complexity index is 1130. The highest BCUT2D eigenvalue weighted by Crippen LogP contribution is 2.39. The van der Waals surface area contributed by atoms with Crippen molar-refractivity contribution in [3.8, 4) is 11.5 Å². The van der Waals surface area contributed by atoms with E-state index >= 15 is 0 Å². The summed E-state index contributed by atoms with van der Waals surface area (Å²) in [4.78, 5) is 0. The molecule has 4 rings (SSSR count). The lowest BCUT2D eigenvalue weighted by Crippen LogP contribution is -2.99. The zero-order valence-corrected chi connectivity index (χ0v) is 21.1. The van der Waals surface area contributed by atoms with Crippen LogP contribution < -0.4 is 20.0 Å². The van der Waals surface area contributed by atoms with Gasteiger partial charge in [-0.25, -0.2) is 5.21 Å². The molecule has 1 saturated heterocycles. The van der Waals surface area contributed by atoms with Crippen LogP contribution in [0.4, 0.5) is 5.69 Å². The smallest absolute Gasteiger partial charge is 0.173 e. The molecule has 36 heavy (non-hydrogen) atoms. The Balaban J connectivity index is 1.65. The number of benzene rings is 3. The minimum Gasteiger partial charge on any atom is -0.595 e. The number of hydrogen-bond acceptors (Lipinski definition) is 7. The summed E-state index contributed by atoms with van der Waals surface area (Å²) < 4.78 is 23.8. The van der Waals surface area contributed by atoms with Crippen LogP contribution in [0.5, 0.6) is 11.5 Å². The number of piperidine rings is 1. The van der Waals surface area contributed by atoms with Crippen molar-refractivity contribution < 1.29 is 29.4 Å². The van der Waals surface area contributed by atoms with Crippen LogP contribution in [0.15, 0.2) is 66.7 Å². The molecule has 1 aliphatic rings. The Labute approximate surface area is 215 Å². The van der Waals surface area contributed by atoms with Gasteiger partial charge >= 0.3 is 0 Å². The lowest BCUT2D eigenvalue weighted by Gasteiger charge is -2.44. The summed E-state index contributed by atoms with van der Waals surface area (Å²) in [6.07, 6.45) is 0.273. The molecule has 3 unspecified atom stereocenters. The van der Waals surface area contributed by atoms with Gasteiger partial charge in [-0.05, 0) is 42.3 Å². The van der Waals surface area contributed by atoms with Gasteiger partial charge in [-0.2, -0.15) is 5.23 Å². The minimum atomic E-state index is -1.07. The fourth-order valence-electron chi connectivity index (χ4n) is 4.55. The molecule has 1 heterocycles. The minimum absolute atomic E-state index is 0.0539. The van der Waals surface area contributed by atoms with Gasteiger partial charge in [0.15, 0.2) is 17.2 Å². The average Bonchev–Trinajstić information content (AvgIpc) is 2.91. The van der Waals surface area contributed by atoms with E-state index in [1.165, 1.54) is 20.3 Å². The lowest BCUT2D eigenvalue weighted by atomic mass is 9.82. The summed E-state index contributed by atoms with van der Waals surface area (Å²) in [6, 6.07) is 20.7. The largest absolute Gasteiger partial charge is 0.595 e. The van der Waals surface area contributed by atoms with E-state index in [4.69, 9.17) is 30.5 Å². The number of methoxy groups -OCH3 is 2. The summed E-state index contributed by atoms with van der Waals surface area (Å²) in [5.74, 6) is 0.784. The SMILES string of the molecule is COc1cc(COC2CNCCC2(OCc2ccccc2)c2ccc(Cl)cc2)c([NH+]([O-])O)cc1OC. The predicted octanol–water partition coefficient (Wildman–Crippen LogP) is 3.75. The molecular formula is C27H31ClN2O6. The Morgan fingerprint density at radius 2 is 1.72 bits per heavy atom. The van der Waals surface area contributed by atoms with Crippen molar-refractivity contribution in [1.29, 1.82) is 0 Å². The van der Waals surface area contributed by atoms with Crippen molar-refractivity contribution in [1.82, 2.24) is 5.32 Å². The average molecular weight is 515 g/mol. The van der Waals surface area contributed by atoms with Crippen molar-refractivity contribution in [2.45, 2.75) is 31.3 Å². The summed E-state index contributed by atoms with van der Waals surface area (Å²) >= 11 is 6.18. The zero-order valence-electron chi connectivity index (χ0n) is 20.3. The standard InChI is InChI=1S/C27H31ClN2O6/c1-33-24-14-20(23(30(31)32)15-25(24)34-2)18-35-26-16-29-13-12-27(26,21-8-10-22(28)11-9-21)36-17-19-6-4-3-5-7-19/h3-11,14-15,26,29-31H,12-13,16-18H2,1-2H3. The first-order chi connectivity index (χ1) is 17.5. The molecule has 0 aromatic heterocycles. The first kappa shape index (κ1) is 26.4. The topological polar surface area (TPSA) is 96.7 Å². The van der Waals surface area contributed by atoms with E-state index in [0.29, 0.717) is 41.7 Å². The van der Waals surface area contributed by atoms with E-state index in [-0.39, 0.29) is 12.3 Å². The highest BCUT2D eigenvalue weighted by molar-refractivity contribution is 6.30. The predicted molar refractivity (Wildman–Crippen MR) is 136 cm³/mol. The molecule has 3 aromatic carbocycles. The zero-order chi connectivity index (χ0) is 25.5. The van der Waals surface area contributed by atoms with Crippen molar-refractivity contribution in [2.24, 2.45) is 0 Å². The maximum absolute atomic E-state index is 12.0. The second-order valence-corrected chi connectivity index (χ2v) is 9.03. The Morgan fingerprint density at radius 1 is 1.03 bits per heavy atom. The molecule has 0 saturated carbocycles. The van der Waals surface area contributed by atoms with E-state index in [1.54, 1.807) is 6.07 Å². The number of hydrogen-bond donors (Lipinski definition) is 3. The van der Waals surface area contributed by atoms with Gasteiger partial charge in [-0.1, -0.05) is 54.1 Å². The summed E-state index contributed by atoms with van der Waals surface area (Å²) in [5.41, 5.74) is 1.83. The van der Waals surface area contributed by atoms with Crippen molar-refractivity contribution in [2.75, 3.05) is 27.3 Å². The molecule has 3 atom stereocenters. The Morgan fingerprint density at radius 3 is 2.39 bits per heavy atom. The molecule has 192 valence electrons. The molecule has 0 bridgehead atoms. The molecule has 0 amide bonds. The lowest BCUT2D eigenvalue weighted by molar-refractivity contribution is -0.991. The highest BCUT2D eigenvalue weighted by atomic mass is 35.5. The number of halogens is 1. The van der Waals surface area contributed by atoms with Crippen molar-refractivity contribution in [3.63, 3.8) is 0 Å². The third kappa shape index (κ3) is 5.82. The summed E-state index contributed by atoms with van der Waals surface area (Å²) in [6.45, 7) is 1.74. The van der Waals surface area contributed by atoms with Crippen LogP contribution in [0.3, 0.4) is 0 Å². The number of rotatable bonds is 10. The van der Waals surface area contributed by atoms with Gasteiger partial charge in [0.05, 0.1) is 27.4 Å². The number of nitrogens with one attached hydrogen (secondary N) is 2. The maximum Gasteiger partial charge on any atom is 0.173 e. The third-order valence-corrected chi connectivity index (χ3v) is 6.73. The molecule has 9 heteroatoms. The molecule has 3 N–H and O–H groups in total. The molecule has 3 aromatic rings. The van der Waals surface area contributed by atoms with E-state index in [9.17, 15) is 10.4 Å². The van der Waals surface area contributed by atoms with Gasteiger partial charge in [-0.15, -0.1) is 0 Å². The third-order valence-electron chi connectivity index (χ3n) is 6.47. The first-order valence-electron chi connectivity index (χ1n) is 11.7. The molecule has 1 aliphatic heterocycles. The van der Waals surface area contributed by atoms with Crippen molar-refractivity contribution >= 4 is 17.3 Å². The van der Waals surface area contributed by atoms with Gasteiger partial charge in [0.25, 0.3) is 0 Å². The Hall–Kier alpha value is -2.69. The van der Waals surface area contributed by atoms with Crippen LogP contribution in [0.2, 0.25) is 5.02 Å². The number of ether oxygens (including phenoxy) is 4.